The van der Waals surface area contributed by atoms with Crippen molar-refractivity contribution >= 4 is 77.8 Å². The Labute approximate surface area is 583 Å². The molecule has 2 heterocycles. The Kier molecular flexibility index (Phi) is 43.8. The molecule has 0 aromatic carbocycles. The van der Waals surface area contributed by atoms with E-state index in [0.717, 1.165) is 42.9 Å². The Morgan fingerprint density at radius 1 is 0.688 bits per heavy atom. The highest BCUT2D eigenvalue weighted by atomic mass is 33.1. The Morgan fingerprint density at radius 3 is 1.81 bits per heavy atom. The van der Waals surface area contributed by atoms with Gasteiger partial charge in [-0.15, -0.1) is 0 Å². The molecule has 7 N–H and O–H groups in total. The van der Waals surface area contributed by atoms with Gasteiger partial charge in [0.25, 0.3) is 7.82 Å². The zero-order valence-electron chi connectivity index (χ0n) is 59.2. The molecule has 1 aromatic heterocycles. The van der Waals surface area contributed by atoms with Crippen molar-refractivity contribution in [3.63, 3.8) is 0 Å². The lowest BCUT2D eigenvalue weighted by atomic mass is 9.61. The van der Waals surface area contributed by atoms with E-state index < -0.39 is 119 Å². The quantitative estimate of drug-likeness (QED) is 0.00771. The Hall–Kier alpha value is -3.23. The number of esters is 4. The number of likely N-dealkylation sites (N-methyl/N-ethyl adjacent to an activating group) is 1. The third-order valence-electron chi connectivity index (χ3n) is 17.1. The van der Waals surface area contributed by atoms with Crippen LogP contribution in [0.25, 0.3) is 0 Å². The molecule has 0 spiro atoms. The number of aliphatic hydroxyl groups excluding tert-OH is 5. The van der Waals surface area contributed by atoms with Crippen molar-refractivity contribution in [3.05, 3.63) is 24.4 Å². The summed E-state index contributed by atoms with van der Waals surface area (Å²) in [6.07, 6.45) is -0.955. The topological polar surface area (TPSA) is 375 Å². The average Bonchev–Trinajstić information content (AvgIpc) is 0.787. The number of phosphoric acid groups is 1. The molecule has 1 aromatic rings. The van der Waals surface area contributed by atoms with Gasteiger partial charge in [-0.25, -0.2) is 4.98 Å². The molecule has 1 aliphatic heterocycles. The molecule has 13 atom stereocenters. The molecule has 0 aliphatic carbocycles. The third-order valence-corrected chi connectivity index (χ3v) is 20.7. The molecule has 0 bridgehead atoms. The van der Waals surface area contributed by atoms with E-state index in [4.69, 9.17) is 33.2 Å². The van der Waals surface area contributed by atoms with E-state index in [1.165, 1.54) is 28.5 Å². The molecule has 558 valence electrons. The van der Waals surface area contributed by atoms with Crippen LogP contribution in [0, 0.1) is 32.5 Å². The number of hydrogen-bond donors (Lipinski definition) is 8. The monoisotopic (exact) mass is 1450 g/mol. The van der Waals surface area contributed by atoms with Crippen LogP contribution in [0.4, 0.5) is 0 Å². The fourth-order valence-corrected chi connectivity index (χ4v) is 13.7. The molecule has 1 amide bonds. The van der Waals surface area contributed by atoms with E-state index in [0.29, 0.717) is 25.1 Å². The number of nitrogens with zero attached hydrogens (tertiary/aromatic N) is 2. The largest absolute Gasteiger partial charge is 0.756 e. The van der Waals surface area contributed by atoms with Gasteiger partial charge in [0.2, 0.25) is 5.91 Å². The highest BCUT2D eigenvalue weighted by Crippen LogP contribution is 2.51. The number of carboxylic acids is 1. The summed E-state index contributed by atoms with van der Waals surface area (Å²) < 4.78 is 59.9. The second-order valence-electron chi connectivity index (χ2n) is 26.7. The number of hydrogen-bond acceptors (Lipinski definition) is 27. The first-order valence-electron chi connectivity index (χ1n) is 33.5. The van der Waals surface area contributed by atoms with E-state index in [1.54, 1.807) is 67.7 Å². The van der Waals surface area contributed by atoms with Gasteiger partial charge >= 0.3 is 29.8 Å². The number of thiol groups is 1. The lowest BCUT2D eigenvalue weighted by Gasteiger charge is -2.43. The van der Waals surface area contributed by atoms with Crippen LogP contribution in [0.5, 0.6) is 0 Å². The number of pyridine rings is 1. The maximum absolute atomic E-state index is 15.0. The first-order valence-corrected chi connectivity index (χ1v) is 37.9. The molecule has 30 heteroatoms. The zero-order chi connectivity index (χ0) is 72.8. The Bertz CT molecular complexity index is 2460. The van der Waals surface area contributed by atoms with Crippen molar-refractivity contribution in [1.29, 1.82) is 0 Å². The molecular formula is C66H117N3O23PS3-. The van der Waals surface area contributed by atoms with Gasteiger partial charge in [-0.3, -0.25) is 33.3 Å². The van der Waals surface area contributed by atoms with Gasteiger partial charge in [-0.1, -0.05) is 70.2 Å². The highest BCUT2D eigenvalue weighted by Gasteiger charge is 2.54. The molecule has 8 unspecified atom stereocenters. The maximum Gasteiger partial charge on any atom is 0.311 e. The lowest BCUT2D eigenvalue weighted by Crippen LogP contribution is -2.59. The number of aliphatic carboxylic acids is 1. The van der Waals surface area contributed by atoms with Gasteiger partial charge < -0.3 is 88.0 Å². The predicted octanol–water partition coefficient (Wildman–Crippen LogP) is 7.75. The minimum atomic E-state index is -4.01. The number of carbonyl (C=O) groups is 6. The van der Waals surface area contributed by atoms with Crippen LogP contribution < -0.4 is 10.2 Å². The van der Waals surface area contributed by atoms with Crippen molar-refractivity contribution in [1.82, 2.24) is 15.2 Å². The van der Waals surface area contributed by atoms with Crippen LogP contribution in [0.1, 0.15) is 179 Å². The number of ether oxygens (including phenoxy) is 7. The fourth-order valence-electron chi connectivity index (χ4n) is 11.1. The minimum Gasteiger partial charge on any atom is -0.756 e. The standard InChI is InChI=1S/C58H99N3O19S2.C8H19O4PS/c1-13-16-27-76-52(73)58(10,38-55(7,20-14-2)48(68)69)39-57(9,50(71)77-28-26-61(11)12)24-23-56(8,51(72)79-33-34-81-82-42-19-17-18-25-59-42)37-54(6,47(67)60-35-40(4)63)22-21-53(5,15-3)49(70)78-32-30-74-29-31-75-46-45(66)44(65)43(64)41(36-62)80-46;1-2-11-13(9,10)12-7-5-3-4-6-8-14/h17-19,25,40-41,43-46,62-66H,13-16,20-24,26-39H2,1-12H3,(H,60,67)(H,68,69);14H,2-8H2,1H3,(H,9,10)/p-1/t40?,41-,43+,44+,45-,46-,53?,54?,55?,56?,57?,58?;/m1./s1. The second-order valence-corrected chi connectivity index (χ2v) is 30.9. The predicted molar refractivity (Wildman–Crippen MR) is 366 cm³/mol. The fraction of sp³-hybridized carbons (Fsp3) is 0.833. The Morgan fingerprint density at radius 2 is 1.25 bits per heavy atom. The smallest absolute Gasteiger partial charge is 0.311 e. The van der Waals surface area contributed by atoms with Crippen LogP contribution in [-0.2, 0) is 75.5 Å². The summed E-state index contributed by atoms with van der Waals surface area (Å²) in [6.45, 7) is 18.3. The van der Waals surface area contributed by atoms with E-state index in [2.05, 4.69) is 32.0 Å². The molecule has 0 saturated carbocycles. The number of carbonyl (C=O) groups excluding carboxylic acids is 5. The number of carboxylic acid groups (broad SMARTS) is 1. The number of aromatic nitrogens is 1. The van der Waals surface area contributed by atoms with Crippen LogP contribution in [-0.4, -0.2) is 218 Å². The average molecular weight is 1450 g/mol. The van der Waals surface area contributed by atoms with E-state index in [9.17, 15) is 68.9 Å². The molecule has 1 aliphatic rings. The summed E-state index contributed by atoms with van der Waals surface area (Å²) in [5, 5.41) is 64.4. The summed E-state index contributed by atoms with van der Waals surface area (Å²) in [5.74, 6) is -2.96. The summed E-state index contributed by atoms with van der Waals surface area (Å²) in [6, 6.07) is 5.51. The van der Waals surface area contributed by atoms with E-state index in [-0.39, 0.29) is 124 Å². The van der Waals surface area contributed by atoms with Crippen LogP contribution in [0.2, 0.25) is 0 Å². The first kappa shape index (κ1) is 90.8. The molecule has 0 radical (unpaired) electrons. The minimum absolute atomic E-state index is 0.00802. The van der Waals surface area contributed by atoms with Crippen molar-refractivity contribution in [2.45, 2.75) is 221 Å². The van der Waals surface area contributed by atoms with Gasteiger partial charge in [0.1, 0.15) is 49.3 Å². The molecule has 26 nitrogen and oxygen atoms in total. The van der Waals surface area contributed by atoms with Gasteiger partial charge in [0.15, 0.2) is 6.29 Å². The molecule has 2 rings (SSSR count). The van der Waals surface area contributed by atoms with Crippen LogP contribution in [0.3, 0.4) is 0 Å². The summed E-state index contributed by atoms with van der Waals surface area (Å²) >= 11 is 4.07. The van der Waals surface area contributed by atoms with E-state index >= 15 is 0 Å². The highest BCUT2D eigenvalue weighted by molar-refractivity contribution is 8.76. The van der Waals surface area contributed by atoms with Crippen LogP contribution in [0.15, 0.2) is 29.4 Å². The summed E-state index contributed by atoms with van der Waals surface area (Å²) in [7, 11) is 2.46. The summed E-state index contributed by atoms with van der Waals surface area (Å²) in [5.41, 5.74) is -8.65. The van der Waals surface area contributed by atoms with Crippen molar-refractivity contribution < 1.29 is 111 Å². The van der Waals surface area contributed by atoms with Crippen LogP contribution >= 0.6 is 42.0 Å². The number of rotatable bonds is 51. The number of aliphatic hydroxyl groups is 5. The SMILES string of the molecule is CCCCOC(=O)C(C)(CC(C)(CCC)C(=O)O)CC(C)(CCC(C)(CC(C)(CCC(C)(CC)C(=O)OCCOCCO[C@@H]1O[C@H](CO)[C@H](O)[C@H](O)[C@H]1O)C(=O)NCC(C)O)C(=O)OCCSSc1ccccn1)C(=O)OCCN(C)C.CCOP(=O)([O-])OCCCCCCS. The van der Waals surface area contributed by atoms with Gasteiger partial charge in [0, 0.05) is 30.5 Å². The third kappa shape index (κ3) is 33.1. The normalized spacial score (nSPS) is 21.2. The number of amides is 1. The number of nitrogens with one attached hydrogen (secondary N) is 1. The van der Waals surface area contributed by atoms with Gasteiger partial charge in [-0.05, 0) is 168 Å². The molecule has 1 saturated heterocycles. The lowest BCUT2D eigenvalue weighted by molar-refractivity contribution is -0.302. The molecule has 1 fully saturated rings. The number of phosphoric ester groups is 1. The van der Waals surface area contributed by atoms with Gasteiger partial charge in [0.05, 0.1) is 79.4 Å². The molecular weight excluding hydrogens is 1330 g/mol. The van der Waals surface area contributed by atoms with Gasteiger partial charge in [-0.2, -0.15) is 12.6 Å². The second kappa shape index (κ2) is 46.3. The van der Waals surface area contributed by atoms with Crippen molar-refractivity contribution in [2.75, 3.05) is 105 Å². The first-order chi connectivity index (χ1) is 45.1. The number of unbranched alkanes of at least 4 members (excludes halogenated alkanes) is 4. The van der Waals surface area contributed by atoms with Crippen molar-refractivity contribution in [3.8, 4) is 0 Å². The maximum atomic E-state index is 15.0. The zero-order valence-corrected chi connectivity index (χ0v) is 62.6. The summed E-state index contributed by atoms with van der Waals surface area (Å²) in [4.78, 5) is 103. The Balaban J connectivity index is 0.00000292. The van der Waals surface area contributed by atoms with Crippen molar-refractivity contribution in [2.24, 2.45) is 32.5 Å². The molecule has 96 heavy (non-hydrogen) atoms. The van der Waals surface area contributed by atoms with E-state index in [1.807, 2.05) is 45.0 Å².